The molecule has 0 amide bonds. The third kappa shape index (κ3) is 3.66. The predicted octanol–water partition coefficient (Wildman–Crippen LogP) is 2.89. The number of hydrogen-bond acceptors (Lipinski definition) is 4. The highest BCUT2D eigenvalue weighted by Crippen LogP contribution is 2.27. The highest BCUT2D eigenvalue weighted by Gasteiger charge is 2.21. The topological polar surface area (TPSA) is 56.7 Å². The van der Waals surface area contributed by atoms with Gasteiger partial charge in [0.15, 0.2) is 0 Å². The van der Waals surface area contributed by atoms with Gasteiger partial charge >= 0.3 is 5.97 Å². The number of carboxylic acids is 1. The Labute approximate surface area is 144 Å². The van der Waals surface area contributed by atoms with Crippen molar-refractivity contribution in [3.8, 4) is 0 Å². The molecule has 0 bridgehead atoms. The first-order valence-electron chi connectivity index (χ1n) is 7.64. The van der Waals surface area contributed by atoms with E-state index in [1.165, 1.54) is 12.1 Å². The van der Waals surface area contributed by atoms with Crippen molar-refractivity contribution in [2.24, 2.45) is 0 Å². The average Bonchev–Trinajstić information content (AvgIpc) is 2.56. The van der Waals surface area contributed by atoms with Gasteiger partial charge in [0, 0.05) is 38.9 Å². The molecule has 5 nitrogen and oxygen atoms in total. The lowest BCUT2D eigenvalue weighted by molar-refractivity contribution is 0.0693. The maximum absolute atomic E-state index is 13.2. The zero-order valence-corrected chi connectivity index (χ0v) is 13.7. The second kappa shape index (κ2) is 7.15. The fourth-order valence-corrected chi connectivity index (χ4v) is 3.14. The van der Waals surface area contributed by atoms with E-state index in [0.29, 0.717) is 17.3 Å². The molecule has 1 aromatic heterocycles. The molecule has 7 heteroatoms. The first-order valence-corrected chi connectivity index (χ1v) is 8.02. The van der Waals surface area contributed by atoms with E-state index in [1.807, 2.05) is 0 Å². The van der Waals surface area contributed by atoms with Crippen LogP contribution in [0, 0.1) is 5.82 Å². The fourth-order valence-electron chi connectivity index (χ4n) is 2.86. The van der Waals surface area contributed by atoms with Gasteiger partial charge in [-0.15, -0.1) is 0 Å². The molecular weight excluding hydrogens is 333 g/mol. The van der Waals surface area contributed by atoms with E-state index in [0.717, 1.165) is 31.9 Å². The number of carbonyl (C=O) groups is 1. The molecular formula is C17H17ClFN3O2. The number of aromatic nitrogens is 1. The number of aromatic carboxylic acids is 1. The van der Waals surface area contributed by atoms with Crippen molar-refractivity contribution in [1.82, 2.24) is 9.88 Å². The predicted molar refractivity (Wildman–Crippen MR) is 90.1 cm³/mol. The van der Waals surface area contributed by atoms with E-state index in [1.54, 1.807) is 24.4 Å². The van der Waals surface area contributed by atoms with Gasteiger partial charge in [-0.25, -0.2) is 9.18 Å². The van der Waals surface area contributed by atoms with Crippen LogP contribution in [0.25, 0.3) is 0 Å². The summed E-state index contributed by atoms with van der Waals surface area (Å²) in [5.41, 5.74) is 1.63. The molecule has 24 heavy (non-hydrogen) atoms. The molecule has 1 N–H and O–H groups in total. The van der Waals surface area contributed by atoms with Crippen LogP contribution in [0.2, 0.25) is 5.02 Å². The number of halogens is 2. The monoisotopic (exact) mass is 349 g/mol. The summed E-state index contributed by atoms with van der Waals surface area (Å²) in [6.45, 7) is 3.47. The molecule has 0 atom stereocenters. The zero-order valence-electron chi connectivity index (χ0n) is 13.0. The number of nitrogens with zero attached hydrogens (tertiary/aromatic N) is 3. The van der Waals surface area contributed by atoms with Crippen molar-refractivity contribution in [1.29, 1.82) is 0 Å². The Hall–Kier alpha value is -2.18. The number of benzene rings is 1. The Balaban J connectivity index is 1.64. The van der Waals surface area contributed by atoms with Gasteiger partial charge in [0.2, 0.25) is 0 Å². The van der Waals surface area contributed by atoms with Crippen LogP contribution in [0.4, 0.5) is 10.1 Å². The number of piperazine rings is 1. The normalized spacial score (nSPS) is 15.5. The largest absolute Gasteiger partial charge is 0.478 e. The molecule has 0 aliphatic carbocycles. The minimum atomic E-state index is -0.963. The summed E-state index contributed by atoms with van der Waals surface area (Å²) >= 11 is 6.11. The third-order valence-corrected chi connectivity index (χ3v) is 4.42. The second-order valence-corrected chi connectivity index (χ2v) is 6.07. The first-order chi connectivity index (χ1) is 11.5. The fraction of sp³-hybridized carbons (Fsp3) is 0.294. The Morgan fingerprint density at radius 2 is 2.00 bits per heavy atom. The van der Waals surface area contributed by atoms with Crippen LogP contribution in [0.3, 0.4) is 0 Å². The molecule has 1 fully saturated rings. The maximum atomic E-state index is 13.2. The van der Waals surface area contributed by atoms with Crippen LogP contribution >= 0.6 is 11.6 Å². The number of pyridine rings is 1. The van der Waals surface area contributed by atoms with Gasteiger partial charge in [-0.3, -0.25) is 9.88 Å². The van der Waals surface area contributed by atoms with Crippen LogP contribution in [-0.2, 0) is 6.54 Å². The molecule has 1 aliphatic rings. The van der Waals surface area contributed by atoms with Crippen molar-refractivity contribution in [3.05, 3.63) is 58.6 Å². The van der Waals surface area contributed by atoms with E-state index in [9.17, 15) is 14.3 Å². The van der Waals surface area contributed by atoms with Crippen molar-refractivity contribution in [2.45, 2.75) is 6.54 Å². The minimum absolute atomic E-state index is 0.238. The quantitative estimate of drug-likeness (QED) is 0.919. The van der Waals surface area contributed by atoms with E-state index in [2.05, 4.69) is 14.8 Å². The summed E-state index contributed by atoms with van der Waals surface area (Å²) < 4.78 is 13.2. The molecule has 1 aromatic carbocycles. The Bertz CT molecular complexity index is 748. The summed E-state index contributed by atoms with van der Waals surface area (Å²) in [6, 6.07) is 7.60. The summed E-state index contributed by atoms with van der Waals surface area (Å²) in [7, 11) is 0. The molecule has 2 aromatic rings. The maximum Gasteiger partial charge on any atom is 0.337 e. The number of hydrogen-bond donors (Lipinski definition) is 1. The molecule has 1 aliphatic heterocycles. The van der Waals surface area contributed by atoms with Gasteiger partial charge in [0.05, 0.1) is 22.0 Å². The lowest BCUT2D eigenvalue weighted by atomic mass is 10.1. The minimum Gasteiger partial charge on any atom is -0.478 e. The number of anilines is 1. The molecule has 1 saturated heterocycles. The zero-order chi connectivity index (χ0) is 17.1. The molecule has 2 heterocycles. The third-order valence-electron chi connectivity index (χ3n) is 4.12. The number of carboxylic acid groups (broad SMARTS) is 1. The lowest BCUT2D eigenvalue weighted by Gasteiger charge is -2.36. The van der Waals surface area contributed by atoms with Gasteiger partial charge in [-0.1, -0.05) is 11.6 Å². The second-order valence-electron chi connectivity index (χ2n) is 5.66. The van der Waals surface area contributed by atoms with E-state index in [-0.39, 0.29) is 11.4 Å². The van der Waals surface area contributed by atoms with Gasteiger partial charge < -0.3 is 10.0 Å². The average molecular weight is 350 g/mol. The molecule has 0 unspecified atom stereocenters. The SMILES string of the molecule is O=C(O)c1cccnc1CN1CCN(c2ccc(F)cc2Cl)CC1. The Morgan fingerprint density at radius 3 is 2.67 bits per heavy atom. The van der Waals surface area contributed by atoms with Crippen molar-refractivity contribution in [3.63, 3.8) is 0 Å². The Morgan fingerprint density at radius 1 is 1.25 bits per heavy atom. The number of rotatable bonds is 4. The Kier molecular flexibility index (Phi) is 4.97. The summed E-state index contributed by atoms with van der Waals surface area (Å²) in [5.74, 6) is -1.31. The summed E-state index contributed by atoms with van der Waals surface area (Å²) in [5, 5.41) is 9.63. The molecule has 0 spiro atoms. The molecule has 0 radical (unpaired) electrons. The standard InChI is InChI=1S/C17H17ClFN3O2/c18-14-10-12(19)3-4-16(14)22-8-6-21(7-9-22)11-15-13(17(23)24)2-1-5-20-15/h1-5,10H,6-9,11H2,(H,23,24). The highest BCUT2D eigenvalue weighted by atomic mass is 35.5. The van der Waals surface area contributed by atoms with Crippen molar-refractivity contribution < 1.29 is 14.3 Å². The van der Waals surface area contributed by atoms with Crippen LogP contribution in [0.15, 0.2) is 36.5 Å². The van der Waals surface area contributed by atoms with E-state index >= 15 is 0 Å². The molecule has 3 rings (SSSR count). The molecule has 0 saturated carbocycles. The van der Waals surface area contributed by atoms with Crippen molar-refractivity contribution in [2.75, 3.05) is 31.1 Å². The summed E-state index contributed by atoms with van der Waals surface area (Å²) in [6.07, 6.45) is 1.61. The lowest BCUT2D eigenvalue weighted by Crippen LogP contribution is -2.46. The first kappa shape index (κ1) is 16.7. The van der Waals surface area contributed by atoms with Crippen LogP contribution in [-0.4, -0.2) is 47.1 Å². The van der Waals surface area contributed by atoms with Crippen molar-refractivity contribution >= 4 is 23.3 Å². The highest BCUT2D eigenvalue weighted by molar-refractivity contribution is 6.33. The molecule has 126 valence electrons. The van der Waals surface area contributed by atoms with Crippen LogP contribution < -0.4 is 4.90 Å². The smallest absolute Gasteiger partial charge is 0.337 e. The van der Waals surface area contributed by atoms with Gasteiger partial charge in [-0.2, -0.15) is 0 Å². The summed E-state index contributed by atoms with van der Waals surface area (Å²) in [4.78, 5) is 19.7. The van der Waals surface area contributed by atoms with Gasteiger partial charge in [0.1, 0.15) is 5.82 Å². The van der Waals surface area contributed by atoms with Gasteiger partial charge in [-0.05, 0) is 30.3 Å². The van der Waals surface area contributed by atoms with E-state index in [4.69, 9.17) is 11.6 Å². The van der Waals surface area contributed by atoms with Crippen LogP contribution in [0.5, 0.6) is 0 Å². The van der Waals surface area contributed by atoms with Crippen LogP contribution in [0.1, 0.15) is 16.1 Å². The van der Waals surface area contributed by atoms with Gasteiger partial charge in [0.25, 0.3) is 0 Å². The van der Waals surface area contributed by atoms with E-state index < -0.39 is 5.97 Å².